The number of aliphatic carboxylic acids is 1. The number of carboxylic acids is 1. The summed E-state index contributed by atoms with van der Waals surface area (Å²) in [5, 5.41) is 8.87. The van der Waals surface area contributed by atoms with Crippen molar-refractivity contribution < 1.29 is 24.3 Å². The third-order valence-electron chi connectivity index (χ3n) is 3.95. The van der Waals surface area contributed by atoms with Crippen LogP contribution in [0.25, 0.3) is 11.1 Å². The maximum Gasteiger partial charge on any atom is 0.325 e. The minimum absolute atomic E-state index is 0.132. The highest BCUT2D eigenvalue weighted by Crippen LogP contribution is 2.36. The summed E-state index contributed by atoms with van der Waals surface area (Å²) in [6.07, 6.45) is 1.12. The average Bonchev–Trinajstić information content (AvgIpc) is 2.55. The molecule has 0 aliphatic rings. The molecule has 0 aromatic heterocycles. The summed E-state index contributed by atoms with van der Waals surface area (Å²) in [4.78, 5) is 28.8. The van der Waals surface area contributed by atoms with E-state index in [1.807, 2.05) is 48.5 Å². The van der Waals surface area contributed by atoms with Crippen molar-refractivity contribution >= 4 is 13.6 Å². The molecule has 1 unspecified atom stereocenters. The number of rotatable bonds is 8. The molecule has 1 atom stereocenters. The standard InChI is InChI=1S/C18H22NO5P/c19-17(18(20)21)12-13-7-9-15(10-8-13)16-6-2-1-4-14(16)5-3-11-25(22,23)24/h1-2,4,6-10,17H,3,5,11-12,19H2,(H,20,21)(H2,22,23,24). The van der Waals surface area contributed by atoms with Gasteiger partial charge >= 0.3 is 13.6 Å². The highest BCUT2D eigenvalue weighted by molar-refractivity contribution is 7.51. The van der Waals surface area contributed by atoms with Crippen molar-refractivity contribution in [2.24, 2.45) is 5.73 Å². The fraction of sp³-hybridized carbons (Fsp3) is 0.278. The Labute approximate surface area is 146 Å². The van der Waals surface area contributed by atoms with Gasteiger partial charge in [-0.15, -0.1) is 0 Å². The Morgan fingerprint density at radius 3 is 2.32 bits per heavy atom. The Hall–Kier alpha value is -1.98. The van der Waals surface area contributed by atoms with Crippen LogP contribution in [0, 0.1) is 0 Å². The molecule has 2 aromatic rings. The third kappa shape index (κ3) is 6.11. The molecular weight excluding hydrogens is 341 g/mol. The van der Waals surface area contributed by atoms with Crippen molar-refractivity contribution in [3.63, 3.8) is 0 Å². The molecule has 0 saturated carbocycles. The summed E-state index contributed by atoms with van der Waals surface area (Å²) in [6, 6.07) is 14.3. The lowest BCUT2D eigenvalue weighted by Gasteiger charge is -2.12. The van der Waals surface area contributed by atoms with Crippen molar-refractivity contribution in [1.29, 1.82) is 0 Å². The lowest BCUT2D eigenvalue weighted by atomic mass is 9.95. The maximum atomic E-state index is 11.0. The lowest BCUT2D eigenvalue weighted by molar-refractivity contribution is -0.138. The van der Waals surface area contributed by atoms with Gasteiger partial charge < -0.3 is 20.6 Å². The Bertz CT molecular complexity index is 769. The van der Waals surface area contributed by atoms with Gasteiger partial charge in [0.05, 0.1) is 6.16 Å². The van der Waals surface area contributed by atoms with E-state index in [1.165, 1.54) is 0 Å². The van der Waals surface area contributed by atoms with Gasteiger partial charge in [0, 0.05) is 0 Å². The highest BCUT2D eigenvalue weighted by Gasteiger charge is 2.14. The molecule has 0 amide bonds. The van der Waals surface area contributed by atoms with Crippen LogP contribution in [-0.4, -0.2) is 33.1 Å². The Balaban J connectivity index is 2.13. The fourth-order valence-electron chi connectivity index (χ4n) is 2.66. The minimum Gasteiger partial charge on any atom is -0.480 e. The highest BCUT2D eigenvalue weighted by atomic mass is 31.2. The number of nitrogens with two attached hydrogens (primary N) is 1. The van der Waals surface area contributed by atoms with Crippen LogP contribution in [0.2, 0.25) is 0 Å². The van der Waals surface area contributed by atoms with E-state index in [-0.39, 0.29) is 12.6 Å². The average molecular weight is 363 g/mol. The van der Waals surface area contributed by atoms with Gasteiger partial charge in [0.25, 0.3) is 0 Å². The van der Waals surface area contributed by atoms with Gasteiger partial charge in [-0.1, -0.05) is 48.5 Å². The van der Waals surface area contributed by atoms with E-state index < -0.39 is 19.6 Å². The van der Waals surface area contributed by atoms with Crippen LogP contribution < -0.4 is 5.73 Å². The third-order valence-corrected chi connectivity index (χ3v) is 4.85. The minimum atomic E-state index is -3.98. The molecule has 5 N–H and O–H groups in total. The van der Waals surface area contributed by atoms with Crippen LogP contribution in [0.3, 0.4) is 0 Å². The molecule has 7 heteroatoms. The first-order valence-corrected chi connectivity index (χ1v) is 9.76. The van der Waals surface area contributed by atoms with Crippen LogP contribution in [-0.2, 0) is 22.2 Å². The van der Waals surface area contributed by atoms with Gasteiger partial charge in [-0.2, -0.15) is 0 Å². The summed E-state index contributed by atoms with van der Waals surface area (Å²) in [7, 11) is -3.98. The second-order valence-corrected chi connectivity index (χ2v) is 7.77. The molecule has 0 spiro atoms. The second-order valence-electron chi connectivity index (χ2n) is 5.99. The van der Waals surface area contributed by atoms with Crippen molar-refractivity contribution in [3.8, 4) is 11.1 Å². The van der Waals surface area contributed by atoms with Gasteiger partial charge in [0.15, 0.2) is 0 Å². The molecule has 2 aromatic carbocycles. The van der Waals surface area contributed by atoms with Crippen molar-refractivity contribution in [1.82, 2.24) is 0 Å². The SMILES string of the molecule is NC(Cc1ccc(-c2ccccc2CCCP(=O)(O)O)cc1)C(=O)O. The number of hydrogen-bond donors (Lipinski definition) is 4. The fourth-order valence-corrected chi connectivity index (χ4v) is 3.23. The zero-order chi connectivity index (χ0) is 18.4. The Morgan fingerprint density at radius 1 is 1.08 bits per heavy atom. The number of benzene rings is 2. The van der Waals surface area contributed by atoms with Crippen LogP contribution in [0.15, 0.2) is 48.5 Å². The van der Waals surface area contributed by atoms with Crippen LogP contribution in [0.4, 0.5) is 0 Å². The topological polar surface area (TPSA) is 121 Å². The number of carbonyl (C=O) groups is 1. The van der Waals surface area contributed by atoms with E-state index in [4.69, 9.17) is 20.6 Å². The van der Waals surface area contributed by atoms with Gasteiger partial charge in [0.1, 0.15) is 6.04 Å². The van der Waals surface area contributed by atoms with Gasteiger partial charge in [-0.25, -0.2) is 0 Å². The zero-order valence-corrected chi connectivity index (χ0v) is 14.6. The molecule has 0 aliphatic carbocycles. The quantitative estimate of drug-likeness (QED) is 0.535. The van der Waals surface area contributed by atoms with Gasteiger partial charge in [-0.05, 0) is 41.5 Å². The van der Waals surface area contributed by atoms with Crippen LogP contribution in [0.5, 0.6) is 0 Å². The molecule has 25 heavy (non-hydrogen) atoms. The summed E-state index contributed by atoms with van der Waals surface area (Å²) in [5.41, 5.74) is 9.39. The number of carboxylic acid groups (broad SMARTS) is 1. The smallest absolute Gasteiger partial charge is 0.325 e. The second kappa shape index (κ2) is 8.41. The van der Waals surface area contributed by atoms with Crippen LogP contribution in [0.1, 0.15) is 17.5 Å². The summed E-state index contributed by atoms with van der Waals surface area (Å²) >= 11 is 0. The molecule has 0 radical (unpaired) electrons. The molecule has 0 aliphatic heterocycles. The van der Waals surface area contributed by atoms with Crippen molar-refractivity contribution in [3.05, 3.63) is 59.7 Å². The van der Waals surface area contributed by atoms with Crippen molar-refractivity contribution in [2.75, 3.05) is 6.16 Å². The van der Waals surface area contributed by atoms with Gasteiger partial charge in [-0.3, -0.25) is 9.36 Å². The van der Waals surface area contributed by atoms with E-state index in [9.17, 15) is 9.36 Å². The normalized spacial score (nSPS) is 12.8. The van der Waals surface area contributed by atoms with E-state index in [2.05, 4.69) is 0 Å². The Kier molecular flexibility index (Phi) is 6.51. The number of aryl methyl sites for hydroxylation is 1. The molecule has 6 nitrogen and oxygen atoms in total. The molecule has 0 bridgehead atoms. The molecule has 0 fully saturated rings. The monoisotopic (exact) mass is 363 g/mol. The Morgan fingerprint density at radius 2 is 1.72 bits per heavy atom. The van der Waals surface area contributed by atoms with E-state index in [0.717, 1.165) is 22.3 Å². The summed E-state index contributed by atoms with van der Waals surface area (Å²) in [5.74, 6) is -1.03. The van der Waals surface area contributed by atoms with Gasteiger partial charge in [0.2, 0.25) is 0 Å². The van der Waals surface area contributed by atoms with E-state index in [1.54, 1.807) is 0 Å². The predicted molar refractivity (Wildman–Crippen MR) is 96.4 cm³/mol. The first-order valence-electron chi connectivity index (χ1n) is 7.96. The lowest BCUT2D eigenvalue weighted by Crippen LogP contribution is -2.32. The summed E-state index contributed by atoms with van der Waals surface area (Å²) < 4.78 is 11.0. The molecule has 0 saturated heterocycles. The predicted octanol–water partition coefficient (Wildman–Crippen LogP) is 2.42. The molecule has 2 rings (SSSR count). The van der Waals surface area contributed by atoms with E-state index >= 15 is 0 Å². The number of hydrogen-bond acceptors (Lipinski definition) is 3. The summed E-state index contributed by atoms with van der Waals surface area (Å²) in [6.45, 7) is 0. The largest absolute Gasteiger partial charge is 0.480 e. The van der Waals surface area contributed by atoms with Crippen LogP contribution >= 0.6 is 7.60 Å². The zero-order valence-electron chi connectivity index (χ0n) is 13.7. The maximum absolute atomic E-state index is 11.0. The molecule has 134 valence electrons. The van der Waals surface area contributed by atoms with Crippen molar-refractivity contribution in [2.45, 2.75) is 25.3 Å². The van der Waals surface area contributed by atoms with E-state index in [0.29, 0.717) is 12.8 Å². The first kappa shape index (κ1) is 19.3. The first-order chi connectivity index (χ1) is 11.8. The molecule has 0 heterocycles. The molecular formula is C18H22NO5P.